The molecule has 7 nitrogen and oxygen atoms in total. The second kappa shape index (κ2) is 10.8. The SMILES string of the molecule is CCOc1ccccc1OCCCC(=O)OCC(=O)NCc1ccco1. The molecule has 1 N–H and O–H groups in total. The number of amides is 1. The summed E-state index contributed by atoms with van der Waals surface area (Å²) in [5.74, 6) is 1.12. The average molecular weight is 361 g/mol. The van der Waals surface area contributed by atoms with Gasteiger partial charge in [-0.1, -0.05) is 12.1 Å². The van der Waals surface area contributed by atoms with E-state index in [0.717, 1.165) is 0 Å². The van der Waals surface area contributed by atoms with Gasteiger partial charge in [-0.05, 0) is 37.6 Å². The lowest BCUT2D eigenvalue weighted by molar-refractivity contribution is -0.148. The van der Waals surface area contributed by atoms with E-state index in [1.54, 1.807) is 12.1 Å². The topological polar surface area (TPSA) is 87.0 Å². The fraction of sp³-hybridized carbons (Fsp3) is 0.368. The monoisotopic (exact) mass is 361 g/mol. The van der Waals surface area contributed by atoms with Crippen LogP contribution in [0.2, 0.25) is 0 Å². The van der Waals surface area contributed by atoms with Crippen LogP contribution in [-0.2, 0) is 20.9 Å². The third-order valence-electron chi connectivity index (χ3n) is 3.34. The number of benzene rings is 1. The zero-order valence-corrected chi connectivity index (χ0v) is 14.7. The van der Waals surface area contributed by atoms with Crippen LogP contribution >= 0.6 is 0 Å². The highest BCUT2D eigenvalue weighted by molar-refractivity contribution is 5.80. The highest BCUT2D eigenvalue weighted by atomic mass is 16.5. The highest BCUT2D eigenvalue weighted by Crippen LogP contribution is 2.26. The summed E-state index contributed by atoms with van der Waals surface area (Å²) in [6.07, 6.45) is 2.17. The minimum Gasteiger partial charge on any atom is -0.490 e. The zero-order chi connectivity index (χ0) is 18.6. The van der Waals surface area contributed by atoms with Crippen LogP contribution in [0.1, 0.15) is 25.5 Å². The number of ether oxygens (including phenoxy) is 3. The molecule has 140 valence electrons. The van der Waals surface area contributed by atoms with Crippen LogP contribution in [-0.4, -0.2) is 31.7 Å². The van der Waals surface area contributed by atoms with Crippen molar-refractivity contribution < 1.29 is 28.2 Å². The van der Waals surface area contributed by atoms with Gasteiger partial charge in [0.2, 0.25) is 0 Å². The molecule has 1 heterocycles. The largest absolute Gasteiger partial charge is 0.490 e. The summed E-state index contributed by atoms with van der Waals surface area (Å²) in [4.78, 5) is 23.2. The number of para-hydroxylation sites is 2. The lowest BCUT2D eigenvalue weighted by Gasteiger charge is -2.11. The van der Waals surface area contributed by atoms with E-state index in [2.05, 4.69) is 5.32 Å². The van der Waals surface area contributed by atoms with E-state index >= 15 is 0 Å². The molecule has 0 aliphatic rings. The van der Waals surface area contributed by atoms with Crippen molar-refractivity contribution in [2.75, 3.05) is 19.8 Å². The number of carbonyl (C=O) groups is 2. The summed E-state index contributed by atoms with van der Waals surface area (Å²) in [5.41, 5.74) is 0. The first kappa shape index (κ1) is 19.4. The van der Waals surface area contributed by atoms with Crippen molar-refractivity contribution in [2.45, 2.75) is 26.3 Å². The summed E-state index contributed by atoms with van der Waals surface area (Å²) >= 11 is 0. The number of hydrogen-bond donors (Lipinski definition) is 1. The first-order chi connectivity index (χ1) is 12.7. The molecule has 0 aliphatic carbocycles. The summed E-state index contributed by atoms with van der Waals surface area (Å²) in [6.45, 7) is 2.75. The van der Waals surface area contributed by atoms with Crippen LogP contribution < -0.4 is 14.8 Å². The lowest BCUT2D eigenvalue weighted by Crippen LogP contribution is -2.28. The molecule has 0 saturated carbocycles. The first-order valence-corrected chi connectivity index (χ1v) is 8.48. The summed E-state index contributed by atoms with van der Waals surface area (Å²) in [7, 11) is 0. The smallest absolute Gasteiger partial charge is 0.306 e. The Morgan fingerprint density at radius 2 is 1.85 bits per heavy atom. The van der Waals surface area contributed by atoms with Crippen molar-refractivity contribution in [3.63, 3.8) is 0 Å². The van der Waals surface area contributed by atoms with Crippen LogP contribution in [0.5, 0.6) is 11.5 Å². The molecule has 0 fully saturated rings. The van der Waals surface area contributed by atoms with Crippen LogP contribution in [0.4, 0.5) is 0 Å². The van der Waals surface area contributed by atoms with Gasteiger partial charge in [-0.3, -0.25) is 9.59 Å². The van der Waals surface area contributed by atoms with Crippen molar-refractivity contribution in [3.05, 3.63) is 48.4 Å². The molecule has 0 bridgehead atoms. The van der Waals surface area contributed by atoms with Crippen LogP contribution in [0, 0.1) is 0 Å². The fourth-order valence-electron chi connectivity index (χ4n) is 2.11. The van der Waals surface area contributed by atoms with Gasteiger partial charge in [0.05, 0.1) is 26.0 Å². The molecular weight excluding hydrogens is 338 g/mol. The molecule has 1 aromatic heterocycles. The maximum atomic E-state index is 11.7. The molecule has 2 rings (SSSR count). The number of esters is 1. The lowest BCUT2D eigenvalue weighted by atomic mass is 10.3. The second-order valence-electron chi connectivity index (χ2n) is 5.35. The predicted molar refractivity (Wildman–Crippen MR) is 93.9 cm³/mol. The maximum absolute atomic E-state index is 11.7. The Balaban J connectivity index is 1.58. The molecule has 0 atom stereocenters. The number of hydrogen-bond acceptors (Lipinski definition) is 6. The molecule has 7 heteroatoms. The number of furan rings is 1. The van der Waals surface area contributed by atoms with Gasteiger partial charge >= 0.3 is 5.97 Å². The van der Waals surface area contributed by atoms with Crippen molar-refractivity contribution in [1.29, 1.82) is 0 Å². The minimum atomic E-state index is -0.445. The van der Waals surface area contributed by atoms with Crippen LogP contribution in [0.25, 0.3) is 0 Å². The van der Waals surface area contributed by atoms with E-state index in [0.29, 0.717) is 36.9 Å². The van der Waals surface area contributed by atoms with E-state index in [1.165, 1.54) is 6.26 Å². The Morgan fingerprint density at radius 1 is 1.08 bits per heavy atom. The van der Waals surface area contributed by atoms with Gasteiger partial charge in [0, 0.05) is 6.42 Å². The molecule has 1 aromatic carbocycles. The fourth-order valence-corrected chi connectivity index (χ4v) is 2.11. The molecule has 2 aromatic rings. The van der Waals surface area contributed by atoms with Gasteiger partial charge in [-0.2, -0.15) is 0 Å². The summed E-state index contributed by atoms with van der Waals surface area (Å²) < 4.78 is 21.1. The Labute approximate surface area is 152 Å². The Bertz CT molecular complexity index is 683. The quantitative estimate of drug-likeness (QED) is 0.489. The standard InChI is InChI=1S/C19H23NO6/c1-2-23-16-8-3-4-9-17(16)25-12-6-10-19(22)26-14-18(21)20-13-15-7-5-11-24-15/h3-5,7-9,11H,2,6,10,12-14H2,1H3,(H,20,21). The van der Waals surface area contributed by atoms with E-state index in [1.807, 2.05) is 31.2 Å². The van der Waals surface area contributed by atoms with Gasteiger partial charge in [-0.15, -0.1) is 0 Å². The number of rotatable bonds is 11. The van der Waals surface area contributed by atoms with Crippen molar-refractivity contribution in [3.8, 4) is 11.5 Å². The van der Waals surface area contributed by atoms with Crippen LogP contribution in [0.3, 0.4) is 0 Å². The molecule has 0 unspecified atom stereocenters. The van der Waals surface area contributed by atoms with Crippen LogP contribution in [0.15, 0.2) is 47.1 Å². The van der Waals surface area contributed by atoms with Gasteiger partial charge in [0.1, 0.15) is 5.76 Å². The highest BCUT2D eigenvalue weighted by Gasteiger charge is 2.09. The molecule has 0 saturated heterocycles. The molecule has 26 heavy (non-hydrogen) atoms. The third-order valence-corrected chi connectivity index (χ3v) is 3.34. The zero-order valence-electron chi connectivity index (χ0n) is 14.7. The summed E-state index contributed by atoms with van der Waals surface area (Å²) in [5, 5.41) is 2.60. The molecular formula is C19H23NO6. The van der Waals surface area contributed by atoms with Gasteiger partial charge in [0.15, 0.2) is 18.1 Å². The second-order valence-corrected chi connectivity index (χ2v) is 5.35. The van der Waals surface area contributed by atoms with Crippen molar-refractivity contribution in [2.24, 2.45) is 0 Å². The van der Waals surface area contributed by atoms with E-state index in [-0.39, 0.29) is 25.5 Å². The van der Waals surface area contributed by atoms with E-state index in [4.69, 9.17) is 18.6 Å². The molecule has 0 radical (unpaired) electrons. The maximum Gasteiger partial charge on any atom is 0.306 e. The van der Waals surface area contributed by atoms with Gasteiger partial charge < -0.3 is 23.9 Å². The van der Waals surface area contributed by atoms with Gasteiger partial charge in [-0.25, -0.2) is 0 Å². The number of nitrogens with one attached hydrogen (secondary N) is 1. The molecule has 0 spiro atoms. The minimum absolute atomic E-state index is 0.169. The third kappa shape index (κ3) is 6.88. The van der Waals surface area contributed by atoms with Crippen molar-refractivity contribution >= 4 is 11.9 Å². The Kier molecular flexibility index (Phi) is 8.05. The van der Waals surface area contributed by atoms with Gasteiger partial charge in [0.25, 0.3) is 5.91 Å². The summed E-state index contributed by atoms with van der Waals surface area (Å²) in [6, 6.07) is 10.8. The normalized spacial score (nSPS) is 10.2. The molecule has 0 aliphatic heterocycles. The predicted octanol–water partition coefficient (Wildman–Crippen LogP) is 2.70. The van der Waals surface area contributed by atoms with E-state index in [9.17, 15) is 9.59 Å². The van der Waals surface area contributed by atoms with E-state index < -0.39 is 5.97 Å². The average Bonchev–Trinajstić information content (AvgIpc) is 3.17. The van der Waals surface area contributed by atoms with Crippen molar-refractivity contribution in [1.82, 2.24) is 5.32 Å². The first-order valence-electron chi connectivity index (χ1n) is 8.48. The Hall–Kier alpha value is -2.96. The molecule has 1 amide bonds. The number of carbonyl (C=O) groups excluding carboxylic acids is 2. The Morgan fingerprint density at radius 3 is 2.54 bits per heavy atom.